The van der Waals surface area contributed by atoms with Crippen LogP contribution < -0.4 is 4.90 Å². The first kappa shape index (κ1) is 13.7. The van der Waals surface area contributed by atoms with Gasteiger partial charge in [-0.15, -0.1) is 0 Å². The number of carboxylic acids is 1. The number of pyridine rings is 1. The molecule has 0 aliphatic carbocycles. The van der Waals surface area contributed by atoms with Gasteiger partial charge in [0.2, 0.25) is 0 Å². The lowest BCUT2D eigenvalue weighted by Crippen LogP contribution is -2.39. The molecule has 1 aromatic heterocycles. The Bertz CT molecular complexity index is 523. The average molecular weight is 330 g/mol. The fourth-order valence-corrected chi connectivity index (χ4v) is 2.82. The minimum absolute atomic E-state index is 0.111. The molecule has 1 saturated heterocycles. The molecule has 0 spiro atoms. The van der Waals surface area contributed by atoms with Crippen LogP contribution in [-0.2, 0) is 4.79 Å². The van der Waals surface area contributed by atoms with Crippen molar-refractivity contribution in [2.45, 2.75) is 12.8 Å². The summed E-state index contributed by atoms with van der Waals surface area (Å²) in [6.45, 7) is 0.881. The molecular weight excluding hydrogens is 318 g/mol. The zero-order valence-corrected chi connectivity index (χ0v) is 11.5. The summed E-state index contributed by atoms with van der Waals surface area (Å²) in [7, 11) is 0. The zero-order chi connectivity index (χ0) is 14.0. The molecule has 19 heavy (non-hydrogen) atoms. The van der Waals surface area contributed by atoms with Crippen LogP contribution in [0.3, 0.4) is 0 Å². The van der Waals surface area contributed by atoms with Crippen LogP contribution in [-0.4, -0.2) is 34.1 Å². The molecule has 8 heteroatoms. The quantitative estimate of drug-likeness (QED) is 0.673. The minimum Gasteiger partial charge on any atom is -0.481 e. The van der Waals surface area contributed by atoms with Gasteiger partial charge in [-0.3, -0.25) is 19.9 Å². The maximum absolute atomic E-state index is 11.1. The molecule has 7 nitrogen and oxygen atoms in total. The van der Waals surface area contributed by atoms with Crippen LogP contribution in [0.5, 0.6) is 0 Å². The molecule has 0 saturated carbocycles. The number of rotatable bonds is 3. The van der Waals surface area contributed by atoms with Gasteiger partial charge in [0.25, 0.3) is 0 Å². The van der Waals surface area contributed by atoms with E-state index in [0.29, 0.717) is 29.5 Å². The zero-order valence-electron chi connectivity index (χ0n) is 9.95. The van der Waals surface area contributed by atoms with Crippen molar-refractivity contribution >= 4 is 33.3 Å². The van der Waals surface area contributed by atoms with E-state index >= 15 is 0 Å². The van der Waals surface area contributed by atoms with Crippen molar-refractivity contribution < 1.29 is 14.8 Å². The molecule has 0 bridgehead atoms. The number of carbonyl (C=O) groups is 1. The van der Waals surface area contributed by atoms with Gasteiger partial charge in [0, 0.05) is 19.3 Å². The van der Waals surface area contributed by atoms with Gasteiger partial charge in [0.15, 0.2) is 0 Å². The van der Waals surface area contributed by atoms with E-state index in [4.69, 9.17) is 5.11 Å². The largest absolute Gasteiger partial charge is 0.481 e. The smallest absolute Gasteiger partial charge is 0.311 e. The van der Waals surface area contributed by atoms with Crippen molar-refractivity contribution in [3.05, 3.63) is 27.0 Å². The van der Waals surface area contributed by atoms with E-state index in [-0.39, 0.29) is 12.2 Å². The molecular formula is C11H12BrN3O4. The topological polar surface area (TPSA) is 96.6 Å². The third-order valence-electron chi connectivity index (χ3n) is 3.14. The van der Waals surface area contributed by atoms with E-state index in [9.17, 15) is 14.9 Å². The molecule has 0 radical (unpaired) electrons. The van der Waals surface area contributed by atoms with E-state index in [1.165, 1.54) is 12.4 Å². The number of nitro groups is 1. The number of hydrogen-bond acceptors (Lipinski definition) is 5. The first-order chi connectivity index (χ1) is 9.00. The van der Waals surface area contributed by atoms with Crippen LogP contribution in [0.2, 0.25) is 0 Å². The van der Waals surface area contributed by atoms with E-state index in [0.717, 1.165) is 0 Å². The number of aliphatic carboxylic acids is 1. The van der Waals surface area contributed by atoms with Gasteiger partial charge in [-0.2, -0.15) is 0 Å². The molecule has 0 aromatic carbocycles. The Hall–Kier alpha value is -1.70. The van der Waals surface area contributed by atoms with Crippen LogP contribution >= 0.6 is 15.9 Å². The molecule has 1 unspecified atom stereocenters. The number of aromatic nitrogens is 1. The van der Waals surface area contributed by atoms with Gasteiger partial charge in [0.05, 0.1) is 15.3 Å². The normalized spacial score (nSPS) is 19.2. The predicted molar refractivity (Wildman–Crippen MR) is 71.2 cm³/mol. The summed E-state index contributed by atoms with van der Waals surface area (Å²) < 4.78 is 0.507. The number of hydrogen-bond donors (Lipinski definition) is 1. The number of anilines is 1. The third kappa shape index (κ3) is 2.83. The van der Waals surface area contributed by atoms with Crippen molar-refractivity contribution in [3.8, 4) is 0 Å². The van der Waals surface area contributed by atoms with E-state index < -0.39 is 16.8 Å². The highest BCUT2D eigenvalue weighted by Gasteiger charge is 2.30. The molecule has 1 aliphatic rings. The molecule has 1 atom stereocenters. The lowest BCUT2D eigenvalue weighted by Gasteiger charge is -2.32. The van der Waals surface area contributed by atoms with Crippen LogP contribution in [0.15, 0.2) is 16.9 Å². The summed E-state index contributed by atoms with van der Waals surface area (Å²) in [4.78, 5) is 27.1. The molecule has 2 rings (SSSR count). The van der Waals surface area contributed by atoms with Crippen LogP contribution in [0.1, 0.15) is 12.8 Å². The molecule has 1 aliphatic heterocycles. The van der Waals surface area contributed by atoms with Crippen LogP contribution in [0, 0.1) is 16.0 Å². The second kappa shape index (κ2) is 5.52. The maximum Gasteiger partial charge on any atom is 0.311 e. The first-order valence-electron chi connectivity index (χ1n) is 5.76. The standard InChI is InChI=1S/C11H12BrN3O4/c12-8-4-13-5-9(15(18)19)10(8)14-3-1-2-7(6-14)11(16)17/h4-5,7H,1-3,6H2,(H,16,17). The first-order valence-corrected chi connectivity index (χ1v) is 6.55. The maximum atomic E-state index is 11.1. The molecule has 1 N–H and O–H groups in total. The number of piperidine rings is 1. The van der Waals surface area contributed by atoms with E-state index in [1.807, 2.05) is 0 Å². The van der Waals surface area contributed by atoms with Gasteiger partial charge >= 0.3 is 11.7 Å². The van der Waals surface area contributed by atoms with Gasteiger partial charge in [-0.25, -0.2) is 0 Å². The molecule has 2 heterocycles. The van der Waals surface area contributed by atoms with E-state index in [2.05, 4.69) is 20.9 Å². The van der Waals surface area contributed by atoms with Crippen molar-refractivity contribution in [3.63, 3.8) is 0 Å². The second-order valence-corrected chi connectivity index (χ2v) is 5.22. The van der Waals surface area contributed by atoms with Gasteiger partial charge in [-0.1, -0.05) is 0 Å². The van der Waals surface area contributed by atoms with Gasteiger partial charge in [-0.05, 0) is 28.8 Å². The van der Waals surface area contributed by atoms with Gasteiger partial charge in [0.1, 0.15) is 11.9 Å². The second-order valence-electron chi connectivity index (χ2n) is 4.37. The van der Waals surface area contributed by atoms with E-state index in [1.54, 1.807) is 4.90 Å². The Morgan fingerprint density at radius 3 is 2.95 bits per heavy atom. The molecule has 1 fully saturated rings. The SMILES string of the molecule is O=C(O)C1CCCN(c2c(Br)cncc2[N+](=O)[O-])C1. The number of carboxylic acid groups (broad SMARTS) is 1. The fourth-order valence-electron chi connectivity index (χ4n) is 2.25. The number of halogens is 1. The summed E-state index contributed by atoms with van der Waals surface area (Å²) in [5.41, 5.74) is 0.298. The van der Waals surface area contributed by atoms with Crippen LogP contribution in [0.4, 0.5) is 11.4 Å². The van der Waals surface area contributed by atoms with Crippen molar-refractivity contribution in [2.75, 3.05) is 18.0 Å². The highest BCUT2D eigenvalue weighted by molar-refractivity contribution is 9.10. The summed E-state index contributed by atoms with van der Waals surface area (Å²) in [5, 5.41) is 20.1. The fraction of sp³-hybridized carbons (Fsp3) is 0.455. The Morgan fingerprint density at radius 2 is 2.32 bits per heavy atom. The summed E-state index contributed by atoms with van der Waals surface area (Å²) in [6, 6.07) is 0. The Labute approximate surface area is 117 Å². The Balaban J connectivity index is 2.35. The lowest BCUT2D eigenvalue weighted by molar-refractivity contribution is -0.384. The molecule has 0 amide bonds. The van der Waals surface area contributed by atoms with Crippen molar-refractivity contribution in [1.29, 1.82) is 0 Å². The van der Waals surface area contributed by atoms with Crippen molar-refractivity contribution in [2.24, 2.45) is 5.92 Å². The van der Waals surface area contributed by atoms with Gasteiger partial charge < -0.3 is 10.0 Å². The van der Waals surface area contributed by atoms with Crippen molar-refractivity contribution in [1.82, 2.24) is 4.98 Å². The lowest BCUT2D eigenvalue weighted by atomic mass is 9.98. The number of nitrogens with zero attached hydrogens (tertiary/aromatic N) is 3. The van der Waals surface area contributed by atoms with Crippen LogP contribution in [0.25, 0.3) is 0 Å². The summed E-state index contributed by atoms with van der Waals surface area (Å²) in [6.07, 6.45) is 3.96. The Kier molecular flexibility index (Phi) is 3.98. The molecule has 1 aromatic rings. The monoisotopic (exact) mass is 329 g/mol. The summed E-state index contributed by atoms with van der Waals surface area (Å²) >= 11 is 3.25. The average Bonchev–Trinajstić information content (AvgIpc) is 2.38. The predicted octanol–water partition coefficient (Wildman–Crippen LogP) is 2.05. The highest BCUT2D eigenvalue weighted by Crippen LogP contribution is 2.36. The summed E-state index contributed by atoms with van der Waals surface area (Å²) in [5.74, 6) is -1.36. The third-order valence-corrected chi connectivity index (χ3v) is 3.72. The minimum atomic E-state index is -0.863. The highest BCUT2D eigenvalue weighted by atomic mass is 79.9. The molecule has 102 valence electrons. The Morgan fingerprint density at radius 1 is 1.58 bits per heavy atom.